The van der Waals surface area contributed by atoms with Gasteiger partial charge in [0.1, 0.15) is 16.4 Å². The third-order valence-electron chi connectivity index (χ3n) is 5.85. The Morgan fingerprint density at radius 2 is 1.73 bits per heavy atom. The van der Waals surface area contributed by atoms with Crippen molar-refractivity contribution in [3.63, 3.8) is 0 Å². The van der Waals surface area contributed by atoms with Crippen LogP contribution in [-0.2, 0) is 14.8 Å². The molecule has 0 spiro atoms. The molecule has 1 amide bonds. The third-order valence-corrected chi connectivity index (χ3v) is 7.24. The summed E-state index contributed by atoms with van der Waals surface area (Å²) >= 11 is 0. The molecule has 3 rings (SSSR count). The van der Waals surface area contributed by atoms with Crippen molar-refractivity contribution in [2.75, 3.05) is 50.0 Å². The lowest BCUT2D eigenvalue weighted by Gasteiger charge is -2.31. The Balaban J connectivity index is 0.000000708. The summed E-state index contributed by atoms with van der Waals surface area (Å²) in [6, 6.07) is 9.68. The number of benzene rings is 2. The van der Waals surface area contributed by atoms with Crippen molar-refractivity contribution in [1.82, 2.24) is 10.6 Å². The number of piperazine rings is 1. The van der Waals surface area contributed by atoms with Crippen LogP contribution in [0.5, 0.6) is 11.5 Å². The van der Waals surface area contributed by atoms with Gasteiger partial charge in [-0.1, -0.05) is 6.92 Å². The molecule has 4 N–H and O–H groups in total. The van der Waals surface area contributed by atoms with E-state index in [4.69, 9.17) is 19.4 Å². The minimum Gasteiger partial charge on any atom is -0.497 e. The predicted octanol–water partition coefficient (Wildman–Crippen LogP) is 3.08. The zero-order chi connectivity index (χ0) is 30.1. The molecule has 0 aliphatic carbocycles. The van der Waals surface area contributed by atoms with Crippen molar-refractivity contribution in [1.29, 1.82) is 0 Å². The number of sulfonamides is 1. The molecule has 0 saturated carbocycles. The van der Waals surface area contributed by atoms with Crippen LogP contribution in [0.25, 0.3) is 0 Å². The van der Waals surface area contributed by atoms with Gasteiger partial charge in [-0.2, -0.15) is 13.2 Å². The lowest BCUT2D eigenvalue weighted by Crippen LogP contribution is -2.43. The number of carboxylic acids is 1. The molecule has 222 valence electrons. The molecule has 0 radical (unpaired) electrons. The Morgan fingerprint density at radius 3 is 2.25 bits per heavy atom. The number of amides is 1. The van der Waals surface area contributed by atoms with Crippen molar-refractivity contribution in [2.24, 2.45) is 0 Å². The molecule has 2 aromatic rings. The summed E-state index contributed by atoms with van der Waals surface area (Å²) in [5.74, 6) is -2.43. The summed E-state index contributed by atoms with van der Waals surface area (Å²) in [6.45, 7) is 6.91. The van der Waals surface area contributed by atoms with Gasteiger partial charge in [0.15, 0.2) is 0 Å². The van der Waals surface area contributed by atoms with E-state index in [1.807, 2.05) is 13.8 Å². The number of rotatable bonds is 9. The monoisotopic (exact) mass is 590 g/mol. The smallest absolute Gasteiger partial charge is 0.490 e. The fourth-order valence-electron chi connectivity index (χ4n) is 3.54. The summed E-state index contributed by atoms with van der Waals surface area (Å²) < 4.78 is 71.7. The molecular formula is C25H33F3N4O7S. The Morgan fingerprint density at radius 1 is 1.10 bits per heavy atom. The molecule has 1 fully saturated rings. The minimum absolute atomic E-state index is 0.00605. The normalized spacial score (nSPS) is 14.3. The first kappa shape index (κ1) is 32.5. The number of nitrogens with zero attached hydrogens (tertiary/aromatic N) is 1. The minimum atomic E-state index is -5.08. The molecule has 1 heterocycles. The number of alkyl halides is 3. The van der Waals surface area contributed by atoms with E-state index in [1.54, 1.807) is 30.3 Å². The van der Waals surface area contributed by atoms with Gasteiger partial charge in [-0.15, -0.1) is 0 Å². The van der Waals surface area contributed by atoms with E-state index in [9.17, 15) is 26.4 Å². The van der Waals surface area contributed by atoms with Gasteiger partial charge in [0.05, 0.1) is 25.6 Å². The predicted molar refractivity (Wildman–Crippen MR) is 143 cm³/mol. The topological polar surface area (TPSA) is 146 Å². The van der Waals surface area contributed by atoms with Crippen LogP contribution in [0.3, 0.4) is 0 Å². The molecular weight excluding hydrogens is 557 g/mol. The second-order valence-corrected chi connectivity index (χ2v) is 10.3. The fraction of sp³-hybridized carbons (Fsp3) is 0.440. The van der Waals surface area contributed by atoms with Crippen molar-refractivity contribution in [3.05, 3.63) is 42.0 Å². The average Bonchev–Trinajstić information content (AvgIpc) is 2.92. The highest BCUT2D eigenvalue weighted by molar-refractivity contribution is 7.92. The van der Waals surface area contributed by atoms with E-state index in [2.05, 4.69) is 20.3 Å². The molecule has 0 aromatic heterocycles. The van der Waals surface area contributed by atoms with Gasteiger partial charge in [-0.25, -0.2) is 13.2 Å². The van der Waals surface area contributed by atoms with Crippen LogP contribution in [0.1, 0.15) is 30.6 Å². The Hall–Kier alpha value is -3.72. The lowest BCUT2D eigenvalue weighted by atomic mass is 10.1. The highest BCUT2D eigenvalue weighted by Gasteiger charge is 2.38. The number of aliphatic carboxylic acids is 1. The first-order chi connectivity index (χ1) is 18.7. The molecule has 11 nitrogen and oxygen atoms in total. The molecule has 1 unspecified atom stereocenters. The molecule has 40 heavy (non-hydrogen) atoms. The number of hydrogen-bond donors (Lipinski definition) is 4. The molecule has 1 aliphatic heterocycles. The van der Waals surface area contributed by atoms with Gasteiger partial charge in [-0.3, -0.25) is 9.52 Å². The van der Waals surface area contributed by atoms with Crippen LogP contribution >= 0.6 is 0 Å². The third kappa shape index (κ3) is 8.91. The summed E-state index contributed by atoms with van der Waals surface area (Å²) in [5.41, 5.74) is 1.42. The number of ether oxygens (including phenoxy) is 2. The van der Waals surface area contributed by atoms with Crippen molar-refractivity contribution in [3.8, 4) is 11.5 Å². The number of nitrogens with one attached hydrogen (secondary N) is 3. The van der Waals surface area contributed by atoms with E-state index in [1.165, 1.54) is 20.3 Å². The lowest BCUT2D eigenvalue weighted by molar-refractivity contribution is -0.192. The number of carboxylic acid groups (broad SMARTS) is 1. The first-order valence-electron chi connectivity index (χ1n) is 12.2. The van der Waals surface area contributed by atoms with Crippen LogP contribution in [0.15, 0.2) is 41.3 Å². The number of anilines is 2. The van der Waals surface area contributed by atoms with E-state index >= 15 is 0 Å². The summed E-state index contributed by atoms with van der Waals surface area (Å²) in [7, 11) is -1.17. The van der Waals surface area contributed by atoms with Crippen LogP contribution in [-0.4, -0.2) is 78.0 Å². The molecule has 1 atom stereocenters. The highest BCUT2D eigenvalue weighted by Crippen LogP contribution is 2.33. The number of carbonyl (C=O) groups excluding carboxylic acids is 1. The number of hydrogen-bond acceptors (Lipinski definition) is 8. The Labute approximate surface area is 230 Å². The highest BCUT2D eigenvalue weighted by atomic mass is 32.2. The molecule has 1 aliphatic rings. The van der Waals surface area contributed by atoms with Gasteiger partial charge in [0, 0.05) is 43.9 Å². The van der Waals surface area contributed by atoms with Crippen molar-refractivity contribution >= 4 is 33.3 Å². The van der Waals surface area contributed by atoms with Crippen LogP contribution in [0.2, 0.25) is 0 Å². The maximum Gasteiger partial charge on any atom is 0.490 e. The standard InChI is InChI=1S/C23H32N4O5S.C2HF3O2/c1-5-16(2)25-23(28)17-6-8-20(27-12-10-24-11-13-27)19(14-17)26-33(29,30)22-15-18(31-3)7-9-21(22)32-4;3-2(4,5)1(6)7/h6-9,14-16,24,26H,5,10-13H2,1-4H3,(H,25,28);(H,6,7). The van der Waals surface area contributed by atoms with Gasteiger partial charge in [-0.05, 0) is 43.7 Å². The zero-order valence-electron chi connectivity index (χ0n) is 22.5. The van der Waals surface area contributed by atoms with Gasteiger partial charge in [0.25, 0.3) is 15.9 Å². The van der Waals surface area contributed by atoms with Crippen LogP contribution < -0.4 is 29.7 Å². The second-order valence-electron chi connectivity index (χ2n) is 8.68. The largest absolute Gasteiger partial charge is 0.497 e. The molecule has 15 heteroatoms. The van der Waals surface area contributed by atoms with Crippen LogP contribution in [0.4, 0.5) is 24.5 Å². The first-order valence-corrected chi connectivity index (χ1v) is 13.7. The second kappa shape index (κ2) is 14.1. The van der Waals surface area contributed by atoms with E-state index in [0.29, 0.717) is 22.7 Å². The van der Waals surface area contributed by atoms with Crippen molar-refractivity contribution in [2.45, 2.75) is 37.4 Å². The summed E-state index contributed by atoms with van der Waals surface area (Å²) in [4.78, 5) is 23.7. The Bertz CT molecular complexity index is 1280. The van der Waals surface area contributed by atoms with Gasteiger partial charge < -0.3 is 30.1 Å². The van der Waals surface area contributed by atoms with Crippen LogP contribution in [0, 0.1) is 0 Å². The Kier molecular flexibility index (Phi) is 11.4. The number of methoxy groups -OCH3 is 2. The van der Waals surface area contributed by atoms with E-state index < -0.39 is 22.2 Å². The fourth-order valence-corrected chi connectivity index (χ4v) is 4.79. The molecule has 2 aromatic carbocycles. The van der Waals surface area contributed by atoms with Gasteiger partial charge >= 0.3 is 12.1 Å². The number of halogens is 3. The van der Waals surface area contributed by atoms with E-state index in [-0.39, 0.29) is 22.6 Å². The maximum atomic E-state index is 13.4. The summed E-state index contributed by atoms with van der Waals surface area (Å²) in [5, 5.41) is 13.3. The summed E-state index contributed by atoms with van der Waals surface area (Å²) in [6.07, 6.45) is -4.29. The SMILES string of the molecule is CCC(C)NC(=O)c1ccc(N2CCNCC2)c(NS(=O)(=O)c2cc(OC)ccc2OC)c1.O=C(O)C(F)(F)F. The average molecular weight is 591 g/mol. The van der Waals surface area contributed by atoms with E-state index in [0.717, 1.165) is 32.6 Å². The molecule has 0 bridgehead atoms. The quantitative estimate of drug-likeness (QED) is 0.346. The van der Waals surface area contributed by atoms with Gasteiger partial charge in [0.2, 0.25) is 0 Å². The van der Waals surface area contributed by atoms with Crippen molar-refractivity contribution < 1.29 is 45.8 Å². The number of carbonyl (C=O) groups is 2. The molecule has 1 saturated heterocycles. The zero-order valence-corrected chi connectivity index (χ0v) is 23.3. The maximum absolute atomic E-state index is 13.4.